The smallest absolute Gasteiger partial charge is 0.349 e. The van der Waals surface area contributed by atoms with E-state index in [1.807, 2.05) is 10.6 Å². The van der Waals surface area contributed by atoms with Gasteiger partial charge in [0, 0.05) is 12.4 Å². The van der Waals surface area contributed by atoms with E-state index < -0.39 is 0 Å². The monoisotopic (exact) mass is 224 g/mol. The lowest BCUT2D eigenvalue weighted by Gasteiger charge is -1.95. The molecule has 2 aromatic rings. The van der Waals surface area contributed by atoms with Gasteiger partial charge >= 0.3 is 5.97 Å². The first-order valence-corrected chi connectivity index (χ1v) is 5.50. The standard InChI is InChI=1S/C10H12N2O2S/c1-6(2)7-4-12-5-8(9(13)14-3)15-10(12)11-7/h4-6H,1-3H3. The lowest BCUT2D eigenvalue weighted by atomic mass is 10.2. The molecule has 0 amide bonds. The SMILES string of the molecule is COC(=O)c1cn2cc(C(C)C)nc2s1. The van der Waals surface area contributed by atoms with Crippen molar-refractivity contribution in [1.82, 2.24) is 9.38 Å². The van der Waals surface area contributed by atoms with Gasteiger partial charge in [-0.2, -0.15) is 0 Å². The molecule has 0 aliphatic heterocycles. The number of methoxy groups -OCH3 is 1. The number of fused-ring (bicyclic) bond motifs is 1. The maximum atomic E-state index is 11.2. The number of esters is 1. The van der Waals surface area contributed by atoms with Crippen LogP contribution in [-0.4, -0.2) is 22.5 Å². The van der Waals surface area contributed by atoms with E-state index in [1.54, 1.807) is 6.20 Å². The molecule has 4 nitrogen and oxygen atoms in total. The highest BCUT2D eigenvalue weighted by molar-refractivity contribution is 7.18. The molecule has 0 aliphatic rings. The van der Waals surface area contributed by atoms with E-state index >= 15 is 0 Å². The Hall–Kier alpha value is -1.36. The Morgan fingerprint density at radius 1 is 1.53 bits per heavy atom. The molecule has 0 unspecified atom stereocenters. The fourth-order valence-corrected chi connectivity index (χ4v) is 2.18. The number of aromatic nitrogens is 2. The van der Waals surface area contributed by atoms with Gasteiger partial charge in [-0.1, -0.05) is 25.2 Å². The fraction of sp³-hybridized carbons (Fsp3) is 0.400. The first-order valence-electron chi connectivity index (χ1n) is 4.68. The topological polar surface area (TPSA) is 43.6 Å². The van der Waals surface area contributed by atoms with Gasteiger partial charge in [-0.3, -0.25) is 4.40 Å². The molecule has 2 heterocycles. The van der Waals surface area contributed by atoms with Crippen molar-refractivity contribution >= 4 is 22.3 Å². The molecule has 15 heavy (non-hydrogen) atoms. The number of imidazole rings is 1. The Bertz CT molecular complexity index is 467. The number of ether oxygens (including phenoxy) is 1. The van der Waals surface area contributed by atoms with Gasteiger partial charge in [-0.25, -0.2) is 9.78 Å². The van der Waals surface area contributed by atoms with Gasteiger partial charge in [0.05, 0.1) is 12.8 Å². The summed E-state index contributed by atoms with van der Waals surface area (Å²) in [6, 6.07) is 0. The van der Waals surface area contributed by atoms with E-state index in [9.17, 15) is 4.79 Å². The Morgan fingerprint density at radius 3 is 2.80 bits per heavy atom. The molecular weight excluding hydrogens is 212 g/mol. The Morgan fingerprint density at radius 2 is 2.27 bits per heavy atom. The molecule has 0 spiro atoms. The van der Waals surface area contributed by atoms with Crippen LogP contribution in [0.1, 0.15) is 35.1 Å². The lowest BCUT2D eigenvalue weighted by molar-refractivity contribution is 0.0606. The molecule has 2 rings (SSSR count). The van der Waals surface area contributed by atoms with Crippen LogP contribution in [0.3, 0.4) is 0 Å². The summed E-state index contributed by atoms with van der Waals surface area (Å²) < 4.78 is 6.51. The van der Waals surface area contributed by atoms with Crippen molar-refractivity contribution in [3.05, 3.63) is 23.0 Å². The van der Waals surface area contributed by atoms with Crippen molar-refractivity contribution in [2.24, 2.45) is 0 Å². The minimum Gasteiger partial charge on any atom is -0.465 e. The van der Waals surface area contributed by atoms with E-state index in [4.69, 9.17) is 0 Å². The number of rotatable bonds is 2. The number of hydrogen-bond donors (Lipinski definition) is 0. The quantitative estimate of drug-likeness (QED) is 0.735. The zero-order valence-corrected chi connectivity index (χ0v) is 9.67. The summed E-state index contributed by atoms with van der Waals surface area (Å²) >= 11 is 1.35. The minimum atomic E-state index is -0.309. The second kappa shape index (κ2) is 3.66. The highest BCUT2D eigenvalue weighted by atomic mass is 32.1. The Kier molecular flexibility index (Phi) is 2.48. The van der Waals surface area contributed by atoms with Crippen molar-refractivity contribution in [1.29, 1.82) is 0 Å². The van der Waals surface area contributed by atoms with Crippen LogP contribution >= 0.6 is 11.3 Å². The second-order valence-electron chi connectivity index (χ2n) is 3.60. The number of carbonyl (C=O) groups excluding carboxylic acids is 1. The third-order valence-electron chi connectivity index (χ3n) is 2.15. The summed E-state index contributed by atoms with van der Waals surface area (Å²) in [4.78, 5) is 17.1. The predicted molar refractivity (Wildman–Crippen MR) is 58.5 cm³/mol. The molecule has 0 aliphatic carbocycles. The van der Waals surface area contributed by atoms with Gasteiger partial charge in [0.25, 0.3) is 0 Å². The summed E-state index contributed by atoms with van der Waals surface area (Å²) in [5, 5.41) is 0. The van der Waals surface area contributed by atoms with E-state index in [-0.39, 0.29) is 5.97 Å². The molecule has 0 saturated carbocycles. The minimum absolute atomic E-state index is 0.309. The van der Waals surface area contributed by atoms with Crippen LogP contribution in [0, 0.1) is 0 Å². The Labute approximate surface area is 91.5 Å². The van der Waals surface area contributed by atoms with Gasteiger partial charge < -0.3 is 4.74 Å². The van der Waals surface area contributed by atoms with Crippen LogP contribution in [0.25, 0.3) is 4.96 Å². The van der Waals surface area contributed by atoms with E-state index in [0.29, 0.717) is 10.8 Å². The average Bonchev–Trinajstić information content (AvgIpc) is 2.72. The maximum absolute atomic E-state index is 11.2. The molecular formula is C10H12N2O2S. The number of nitrogens with zero attached hydrogens (tertiary/aromatic N) is 2. The highest BCUT2D eigenvalue weighted by Gasteiger charge is 2.13. The third-order valence-corrected chi connectivity index (χ3v) is 3.13. The van der Waals surface area contributed by atoms with Crippen LogP contribution in [0.15, 0.2) is 12.4 Å². The fourth-order valence-electron chi connectivity index (χ4n) is 1.29. The number of thiazole rings is 1. The second-order valence-corrected chi connectivity index (χ2v) is 4.61. The van der Waals surface area contributed by atoms with Gasteiger partial charge in [0.15, 0.2) is 4.96 Å². The van der Waals surface area contributed by atoms with Crippen LogP contribution in [-0.2, 0) is 4.74 Å². The summed E-state index contributed by atoms with van der Waals surface area (Å²) in [5.41, 5.74) is 1.04. The molecule has 0 fully saturated rings. The van der Waals surface area contributed by atoms with E-state index in [0.717, 1.165) is 10.7 Å². The first-order chi connectivity index (χ1) is 7.11. The summed E-state index contributed by atoms with van der Waals surface area (Å²) in [5.74, 6) is 0.0928. The van der Waals surface area contributed by atoms with Crippen LogP contribution in [0.2, 0.25) is 0 Å². The zero-order valence-electron chi connectivity index (χ0n) is 8.85. The van der Waals surface area contributed by atoms with Crippen molar-refractivity contribution in [2.45, 2.75) is 19.8 Å². The highest BCUT2D eigenvalue weighted by Crippen LogP contribution is 2.21. The summed E-state index contributed by atoms with van der Waals surface area (Å²) in [6.07, 6.45) is 3.70. The van der Waals surface area contributed by atoms with Gasteiger partial charge in [-0.15, -0.1) is 0 Å². The molecule has 0 radical (unpaired) electrons. The normalized spacial score (nSPS) is 11.2. The molecule has 0 bridgehead atoms. The third kappa shape index (κ3) is 1.74. The molecule has 0 aromatic carbocycles. The molecule has 2 aromatic heterocycles. The molecule has 5 heteroatoms. The molecule has 0 saturated heterocycles. The van der Waals surface area contributed by atoms with Gasteiger partial charge in [0.1, 0.15) is 4.88 Å². The number of carbonyl (C=O) groups is 1. The Balaban J connectivity index is 2.42. The van der Waals surface area contributed by atoms with Crippen LogP contribution < -0.4 is 0 Å². The number of hydrogen-bond acceptors (Lipinski definition) is 4. The first kappa shape index (κ1) is 10.2. The van der Waals surface area contributed by atoms with Crippen molar-refractivity contribution in [3.63, 3.8) is 0 Å². The largest absolute Gasteiger partial charge is 0.465 e. The van der Waals surface area contributed by atoms with Crippen LogP contribution in [0.5, 0.6) is 0 Å². The van der Waals surface area contributed by atoms with E-state index in [2.05, 4.69) is 23.6 Å². The maximum Gasteiger partial charge on any atom is 0.349 e. The summed E-state index contributed by atoms with van der Waals surface area (Å²) in [7, 11) is 1.38. The van der Waals surface area contributed by atoms with Gasteiger partial charge in [-0.05, 0) is 5.92 Å². The summed E-state index contributed by atoms with van der Waals surface area (Å²) in [6.45, 7) is 4.18. The average molecular weight is 224 g/mol. The van der Waals surface area contributed by atoms with Crippen molar-refractivity contribution in [3.8, 4) is 0 Å². The molecule has 0 N–H and O–H groups in total. The van der Waals surface area contributed by atoms with Crippen molar-refractivity contribution in [2.75, 3.05) is 7.11 Å². The van der Waals surface area contributed by atoms with Gasteiger partial charge in [0.2, 0.25) is 0 Å². The molecule has 80 valence electrons. The predicted octanol–water partition coefficient (Wildman–Crippen LogP) is 2.31. The van der Waals surface area contributed by atoms with Crippen LogP contribution in [0.4, 0.5) is 0 Å². The zero-order chi connectivity index (χ0) is 11.0. The van der Waals surface area contributed by atoms with E-state index in [1.165, 1.54) is 18.4 Å². The lowest BCUT2D eigenvalue weighted by Crippen LogP contribution is -1.97. The van der Waals surface area contributed by atoms with Crippen molar-refractivity contribution < 1.29 is 9.53 Å². The molecule has 0 atom stereocenters.